The number of carbonyl (C=O) groups is 1. The Kier molecular flexibility index (Phi) is 6.11. The van der Waals surface area contributed by atoms with Crippen molar-refractivity contribution in [1.82, 2.24) is 10.6 Å². The van der Waals surface area contributed by atoms with E-state index in [1.807, 2.05) is 11.4 Å². The second-order valence-electron chi connectivity index (χ2n) is 4.88. The summed E-state index contributed by atoms with van der Waals surface area (Å²) >= 11 is 4.91. The van der Waals surface area contributed by atoms with E-state index in [2.05, 4.69) is 33.5 Å². The zero-order chi connectivity index (χ0) is 12.3. The number of hydrogen-bond acceptors (Lipinski definition) is 3. The Morgan fingerprint density at radius 1 is 1.56 bits per heavy atom. The summed E-state index contributed by atoms with van der Waals surface area (Å²) in [4.78, 5) is 11.9. The average Bonchev–Trinajstić information content (AvgIpc) is 2.74. The number of amides is 1. The van der Waals surface area contributed by atoms with Crippen molar-refractivity contribution in [3.8, 4) is 0 Å². The van der Waals surface area contributed by atoms with Gasteiger partial charge in [0.1, 0.15) is 0 Å². The Balaban J connectivity index is 0.00000162. The monoisotopic (exact) mass is 352 g/mol. The van der Waals surface area contributed by atoms with Gasteiger partial charge in [0.15, 0.2) is 0 Å². The van der Waals surface area contributed by atoms with Gasteiger partial charge in [-0.1, -0.05) is 6.92 Å². The van der Waals surface area contributed by atoms with E-state index in [0.29, 0.717) is 0 Å². The minimum absolute atomic E-state index is 0. The van der Waals surface area contributed by atoms with E-state index in [-0.39, 0.29) is 23.7 Å². The zero-order valence-electron chi connectivity index (χ0n) is 10.3. The number of carbonyl (C=O) groups excluding carboxylic acids is 1. The second-order valence-corrected chi connectivity index (χ2v) is 7.17. The van der Waals surface area contributed by atoms with Crippen LogP contribution < -0.4 is 10.6 Å². The van der Waals surface area contributed by atoms with E-state index in [4.69, 9.17) is 0 Å². The number of nitrogens with one attached hydrogen (secondary N) is 2. The molecule has 0 saturated carbocycles. The standard InChI is InChI=1S/C12H17BrN2OS.ClH/c1-12(2-4-14-5-3-12)8-15-11(16)9-6-10(13)17-7-9;/h6-7,14H,2-5,8H2,1H3,(H,15,16);1H. The SMILES string of the molecule is CC1(CNC(=O)c2csc(Br)c2)CCNCC1.Cl. The minimum Gasteiger partial charge on any atom is -0.351 e. The molecule has 1 aromatic heterocycles. The fraction of sp³-hybridized carbons (Fsp3) is 0.583. The number of rotatable bonds is 3. The summed E-state index contributed by atoms with van der Waals surface area (Å²) in [7, 11) is 0. The summed E-state index contributed by atoms with van der Waals surface area (Å²) in [5.41, 5.74) is 0.994. The molecule has 0 aromatic carbocycles. The van der Waals surface area contributed by atoms with Crippen molar-refractivity contribution in [3.63, 3.8) is 0 Å². The molecule has 0 aliphatic carbocycles. The van der Waals surface area contributed by atoms with Crippen molar-refractivity contribution < 1.29 is 4.79 Å². The first-order valence-corrected chi connectivity index (χ1v) is 7.49. The molecule has 0 bridgehead atoms. The summed E-state index contributed by atoms with van der Waals surface area (Å²) < 4.78 is 0.996. The van der Waals surface area contributed by atoms with Crippen molar-refractivity contribution in [2.75, 3.05) is 19.6 Å². The molecule has 1 aliphatic heterocycles. The number of thiophene rings is 1. The first-order valence-electron chi connectivity index (χ1n) is 5.82. The van der Waals surface area contributed by atoms with E-state index in [9.17, 15) is 4.79 Å². The molecular formula is C12H18BrClN2OS. The van der Waals surface area contributed by atoms with Crippen molar-refractivity contribution in [1.29, 1.82) is 0 Å². The summed E-state index contributed by atoms with van der Waals surface area (Å²) in [5.74, 6) is 0.0340. The fourth-order valence-electron chi connectivity index (χ4n) is 2.03. The minimum atomic E-state index is 0. The molecule has 1 amide bonds. The van der Waals surface area contributed by atoms with Crippen LogP contribution in [-0.4, -0.2) is 25.5 Å². The van der Waals surface area contributed by atoms with Gasteiger partial charge in [-0.2, -0.15) is 0 Å². The van der Waals surface area contributed by atoms with Crippen LogP contribution in [-0.2, 0) is 0 Å². The predicted octanol–water partition coefficient (Wildman–Crippen LogP) is 3.05. The highest BCUT2D eigenvalue weighted by molar-refractivity contribution is 9.11. The van der Waals surface area contributed by atoms with E-state index in [1.54, 1.807) is 0 Å². The molecule has 1 aliphatic rings. The van der Waals surface area contributed by atoms with Crippen LogP contribution in [0.5, 0.6) is 0 Å². The largest absolute Gasteiger partial charge is 0.351 e. The Labute approximate surface area is 126 Å². The van der Waals surface area contributed by atoms with Gasteiger partial charge < -0.3 is 10.6 Å². The molecule has 0 spiro atoms. The molecule has 2 rings (SSSR count). The van der Waals surface area contributed by atoms with Gasteiger partial charge in [0, 0.05) is 11.9 Å². The molecule has 102 valence electrons. The van der Waals surface area contributed by atoms with Gasteiger partial charge in [-0.3, -0.25) is 4.79 Å². The Morgan fingerprint density at radius 3 is 2.78 bits per heavy atom. The highest BCUT2D eigenvalue weighted by Gasteiger charge is 2.27. The molecule has 1 fully saturated rings. The van der Waals surface area contributed by atoms with Crippen molar-refractivity contribution in [2.24, 2.45) is 5.41 Å². The number of piperidine rings is 1. The summed E-state index contributed by atoms with van der Waals surface area (Å²) in [6.07, 6.45) is 2.25. The maximum Gasteiger partial charge on any atom is 0.252 e. The zero-order valence-corrected chi connectivity index (χ0v) is 13.5. The van der Waals surface area contributed by atoms with Crippen LogP contribution >= 0.6 is 39.7 Å². The Hall–Kier alpha value is -0.100. The lowest BCUT2D eigenvalue weighted by molar-refractivity contribution is 0.0922. The topological polar surface area (TPSA) is 41.1 Å². The number of hydrogen-bond donors (Lipinski definition) is 2. The van der Waals surface area contributed by atoms with E-state index in [0.717, 1.165) is 41.8 Å². The molecule has 0 radical (unpaired) electrons. The highest BCUT2D eigenvalue weighted by atomic mass is 79.9. The molecule has 1 saturated heterocycles. The summed E-state index contributed by atoms with van der Waals surface area (Å²) in [6, 6.07) is 1.87. The van der Waals surface area contributed by atoms with Crippen LogP contribution in [0.2, 0.25) is 0 Å². The van der Waals surface area contributed by atoms with Gasteiger partial charge in [0.2, 0.25) is 0 Å². The van der Waals surface area contributed by atoms with Crippen LogP contribution in [0.25, 0.3) is 0 Å². The Morgan fingerprint density at radius 2 is 2.22 bits per heavy atom. The van der Waals surface area contributed by atoms with Crippen LogP contribution in [0.15, 0.2) is 15.2 Å². The molecule has 6 heteroatoms. The van der Waals surface area contributed by atoms with E-state index >= 15 is 0 Å². The molecule has 2 N–H and O–H groups in total. The first kappa shape index (κ1) is 16.0. The summed E-state index contributed by atoms with van der Waals surface area (Å²) in [5, 5.41) is 8.27. The fourth-order valence-corrected chi connectivity index (χ4v) is 3.17. The smallest absolute Gasteiger partial charge is 0.252 e. The maximum atomic E-state index is 11.9. The van der Waals surface area contributed by atoms with E-state index in [1.165, 1.54) is 11.3 Å². The van der Waals surface area contributed by atoms with E-state index < -0.39 is 0 Å². The highest BCUT2D eigenvalue weighted by Crippen LogP contribution is 2.27. The van der Waals surface area contributed by atoms with Gasteiger partial charge in [-0.15, -0.1) is 23.7 Å². The molecule has 3 nitrogen and oxygen atoms in total. The molecule has 0 atom stereocenters. The lowest BCUT2D eigenvalue weighted by atomic mass is 9.81. The second kappa shape index (κ2) is 6.89. The van der Waals surface area contributed by atoms with Crippen molar-refractivity contribution in [2.45, 2.75) is 19.8 Å². The molecule has 0 unspecified atom stereocenters. The van der Waals surface area contributed by atoms with Crippen LogP contribution in [0.3, 0.4) is 0 Å². The predicted molar refractivity (Wildman–Crippen MR) is 81.8 cm³/mol. The average molecular weight is 354 g/mol. The molecule has 1 aromatic rings. The quantitative estimate of drug-likeness (QED) is 0.877. The van der Waals surface area contributed by atoms with Crippen LogP contribution in [0.1, 0.15) is 30.1 Å². The van der Waals surface area contributed by atoms with Gasteiger partial charge in [0.25, 0.3) is 5.91 Å². The van der Waals surface area contributed by atoms with Crippen LogP contribution in [0.4, 0.5) is 0 Å². The maximum absolute atomic E-state index is 11.9. The van der Waals surface area contributed by atoms with Crippen molar-refractivity contribution in [3.05, 3.63) is 20.8 Å². The summed E-state index contributed by atoms with van der Waals surface area (Å²) in [6.45, 7) is 5.12. The molecule has 2 heterocycles. The normalized spacial score (nSPS) is 17.9. The third-order valence-electron chi connectivity index (χ3n) is 3.32. The van der Waals surface area contributed by atoms with Gasteiger partial charge >= 0.3 is 0 Å². The van der Waals surface area contributed by atoms with Crippen molar-refractivity contribution >= 4 is 45.6 Å². The molecular weight excluding hydrogens is 336 g/mol. The first-order chi connectivity index (χ1) is 8.09. The lowest BCUT2D eigenvalue weighted by Gasteiger charge is -2.34. The van der Waals surface area contributed by atoms with Crippen LogP contribution in [0, 0.1) is 5.41 Å². The van der Waals surface area contributed by atoms with Gasteiger partial charge in [-0.05, 0) is 53.3 Å². The van der Waals surface area contributed by atoms with Gasteiger partial charge in [-0.25, -0.2) is 0 Å². The van der Waals surface area contributed by atoms with Gasteiger partial charge in [0.05, 0.1) is 9.35 Å². The Bertz CT molecular complexity index is 405. The number of halogens is 2. The third-order valence-corrected chi connectivity index (χ3v) is 4.82. The molecule has 18 heavy (non-hydrogen) atoms. The third kappa shape index (κ3) is 4.23. The lowest BCUT2D eigenvalue weighted by Crippen LogP contribution is -2.42.